The van der Waals surface area contributed by atoms with E-state index in [0.717, 1.165) is 51.9 Å². The minimum Gasteiger partial charge on any atom is -0.390 e. The van der Waals surface area contributed by atoms with E-state index in [4.69, 9.17) is 9.47 Å². The number of carbonyl (C=O) groups excluding carboxylic acids is 1. The molecule has 4 aliphatic heterocycles. The molecule has 4 heterocycles. The second-order valence-electron chi connectivity index (χ2n) is 14.4. The standard InChI is InChI=1S/C32H58N6O4/c1-22-29(42-21-34-22)20-41-28-9-8-24-18-37(13-10-23(24)14-28)19-27(39)17-33-32(40)25-15-30(35-26-6-5-7-26)36-31(16-25)38-11-3-2-4-12-38/h22-31,34-36,39H,2-21H2,1H3,(H,33,40)/t22?,23?,24?,25?,27-,28?,29?,30?,31?/m0/s1. The molecular weight excluding hydrogens is 532 g/mol. The summed E-state index contributed by atoms with van der Waals surface area (Å²) in [7, 11) is 0. The van der Waals surface area contributed by atoms with Crippen LogP contribution in [0.5, 0.6) is 0 Å². The van der Waals surface area contributed by atoms with Crippen molar-refractivity contribution in [3.63, 3.8) is 0 Å². The molecule has 42 heavy (non-hydrogen) atoms. The molecule has 9 atom stereocenters. The zero-order valence-corrected chi connectivity index (χ0v) is 26.0. The van der Waals surface area contributed by atoms with E-state index >= 15 is 0 Å². The second-order valence-corrected chi connectivity index (χ2v) is 14.4. The maximum atomic E-state index is 13.4. The Bertz CT molecular complexity index is 857. The fraction of sp³-hybridized carbons (Fsp3) is 0.969. The molecule has 6 aliphatic rings. The lowest BCUT2D eigenvalue weighted by Crippen LogP contribution is -2.63. The highest BCUT2D eigenvalue weighted by molar-refractivity contribution is 5.78. The Hall–Kier alpha value is -0.850. The molecule has 4 saturated heterocycles. The monoisotopic (exact) mass is 590 g/mol. The summed E-state index contributed by atoms with van der Waals surface area (Å²) in [6.07, 6.45) is 14.4. The van der Waals surface area contributed by atoms with Gasteiger partial charge in [0, 0.05) is 37.6 Å². The Balaban J connectivity index is 0.914. The van der Waals surface area contributed by atoms with Crippen molar-refractivity contribution in [3.8, 4) is 0 Å². The van der Waals surface area contributed by atoms with Gasteiger partial charge in [-0.3, -0.25) is 25.6 Å². The summed E-state index contributed by atoms with van der Waals surface area (Å²) in [6, 6.07) is 0.954. The largest absolute Gasteiger partial charge is 0.390 e. The highest BCUT2D eigenvalue weighted by Gasteiger charge is 2.38. The molecule has 8 unspecified atom stereocenters. The first kappa shape index (κ1) is 31.1. The lowest BCUT2D eigenvalue weighted by atomic mass is 9.74. The lowest BCUT2D eigenvalue weighted by Gasteiger charge is -2.45. The summed E-state index contributed by atoms with van der Waals surface area (Å²) in [6.45, 7) is 8.78. The molecule has 0 radical (unpaired) electrons. The highest BCUT2D eigenvalue weighted by Crippen LogP contribution is 2.37. The first-order valence-corrected chi connectivity index (χ1v) is 17.4. The number of carbonyl (C=O) groups is 1. The normalized spacial score (nSPS) is 39.4. The molecule has 5 N–H and O–H groups in total. The van der Waals surface area contributed by atoms with Crippen LogP contribution in [-0.4, -0.2) is 116 Å². The number of fused-ring (bicyclic) bond motifs is 1. The van der Waals surface area contributed by atoms with Crippen LogP contribution < -0.4 is 21.3 Å². The second kappa shape index (κ2) is 15.0. The van der Waals surface area contributed by atoms with Crippen LogP contribution in [0.25, 0.3) is 0 Å². The average molecular weight is 591 g/mol. The molecule has 1 amide bonds. The zero-order valence-electron chi connectivity index (χ0n) is 26.0. The number of ether oxygens (including phenoxy) is 2. The van der Waals surface area contributed by atoms with Crippen LogP contribution in [0.15, 0.2) is 0 Å². The SMILES string of the molecule is CC1NCOC1COC1CCC2CN(C[C@@H](O)CNC(=O)C3CC(NC4CCC4)NC(N4CCCCC4)C3)CCC2C1. The third-order valence-corrected chi connectivity index (χ3v) is 11.3. The quantitative estimate of drug-likeness (QED) is 0.245. The van der Waals surface area contributed by atoms with E-state index in [1.54, 1.807) is 0 Å². The van der Waals surface area contributed by atoms with Crippen LogP contribution in [0.1, 0.15) is 84.0 Å². The minimum absolute atomic E-state index is 0.0178. The number of nitrogens with one attached hydrogen (secondary N) is 4. The van der Waals surface area contributed by atoms with E-state index in [1.807, 2.05) is 0 Å². The van der Waals surface area contributed by atoms with Crippen molar-refractivity contribution >= 4 is 5.91 Å². The van der Waals surface area contributed by atoms with Gasteiger partial charge in [-0.25, -0.2) is 0 Å². The predicted octanol–water partition coefficient (Wildman–Crippen LogP) is 1.58. The van der Waals surface area contributed by atoms with Gasteiger partial charge in [0.15, 0.2) is 0 Å². The van der Waals surface area contributed by atoms with Crippen molar-refractivity contribution in [1.29, 1.82) is 0 Å². The van der Waals surface area contributed by atoms with E-state index in [1.165, 1.54) is 51.4 Å². The van der Waals surface area contributed by atoms with Gasteiger partial charge in [0.2, 0.25) is 5.91 Å². The van der Waals surface area contributed by atoms with Gasteiger partial charge >= 0.3 is 0 Å². The number of aliphatic hydroxyl groups excluding tert-OH is 1. The topological polar surface area (TPSA) is 110 Å². The molecule has 0 spiro atoms. The number of nitrogens with zero attached hydrogens (tertiary/aromatic N) is 2. The number of likely N-dealkylation sites (tertiary alicyclic amines) is 2. The van der Waals surface area contributed by atoms with Gasteiger partial charge in [-0.2, -0.15) is 0 Å². The van der Waals surface area contributed by atoms with Gasteiger partial charge in [-0.1, -0.05) is 12.8 Å². The number of β-amino-alcohol motifs (C(OH)–C–C–N with tert-alkyl or cyclic N) is 1. The maximum absolute atomic E-state index is 13.4. The molecule has 240 valence electrons. The van der Waals surface area contributed by atoms with E-state index in [9.17, 15) is 9.90 Å². The Morgan fingerprint density at radius 3 is 2.64 bits per heavy atom. The Morgan fingerprint density at radius 1 is 1.02 bits per heavy atom. The van der Waals surface area contributed by atoms with Crippen molar-refractivity contribution in [3.05, 3.63) is 0 Å². The van der Waals surface area contributed by atoms with E-state index in [0.29, 0.717) is 56.5 Å². The molecule has 10 heteroatoms. The van der Waals surface area contributed by atoms with Crippen molar-refractivity contribution < 1.29 is 19.4 Å². The van der Waals surface area contributed by atoms with Crippen molar-refractivity contribution in [2.45, 2.75) is 127 Å². The molecule has 6 rings (SSSR count). The summed E-state index contributed by atoms with van der Waals surface area (Å²) >= 11 is 0. The van der Waals surface area contributed by atoms with Crippen LogP contribution >= 0.6 is 0 Å². The summed E-state index contributed by atoms with van der Waals surface area (Å²) in [5.41, 5.74) is 0. The van der Waals surface area contributed by atoms with Crippen LogP contribution in [0.3, 0.4) is 0 Å². The number of rotatable bonds is 11. The van der Waals surface area contributed by atoms with Crippen LogP contribution in [0.2, 0.25) is 0 Å². The molecule has 0 aromatic heterocycles. The smallest absolute Gasteiger partial charge is 0.223 e. The predicted molar refractivity (Wildman–Crippen MR) is 163 cm³/mol. The molecule has 0 bridgehead atoms. The Morgan fingerprint density at radius 2 is 1.88 bits per heavy atom. The van der Waals surface area contributed by atoms with Gasteiger partial charge in [0.1, 0.15) is 0 Å². The number of hydrogen-bond donors (Lipinski definition) is 5. The molecule has 10 nitrogen and oxygen atoms in total. The van der Waals surface area contributed by atoms with Crippen molar-refractivity contribution in [1.82, 2.24) is 31.1 Å². The Labute approximate surface area is 253 Å². The summed E-state index contributed by atoms with van der Waals surface area (Å²) in [5.74, 6) is 1.50. The minimum atomic E-state index is -0.532. The molecular formula is C32H58N6O4. The van der Waals surface area contributed by atoms with Crippen molar-refractivity contribution in [2.75, 3.05) is 52.6 Å². The van der Waals surface area contributed by atoms with E-state index in [2.05, 4.69) is 38.0 Å². The van der Waals surface area contributed by atoms with Crippen LogP contribution in [0, 0.1) is 17.8 Å². The van der Waals surface area contributed by atoms with Crippen LogP contribution in [0.4, 0.5) is 0 Å². The van der Waals surface area contributed by atoms with Crippen molar-refractivity contribution in [2.24, 2.45) is 17.8 Å². The highest BCUT2D eigenvalue weighted by atomic mass is 16.5. The van der Waals surface area contributed by atoms with Gasteiger partial charge in [-0.15, -0.1) is 0 Å². The third kappa shape index (κ3) is 8.24. The zero-order chi connectivity index (χ0) is 28.9. The van der Waals surface area contributed by atoms with Gasteiger partial charge in [-0.05, 0) is 103 Å². The van der Waals surface area contributed by atoms with E-state index < -0.39 is 6.10 Å². The Kier molecular flexibility index (Phi) is 11.1. The molecule has 2 saturated carbocycles. The van der Waals surface area contributed by atoms with Gasteiger partial charge < -0.3 is 24.8 Å². The molecule has 6 fully saturated rings. The third-order valence-electron chi connectivity index (χ3n) is 11.3. The fourth-order valence-corrected chi connectivity index (χ4v) is 8.37. The molecule has 0 aromatic carbocycles. The summed E-state index contributed by atoms with van der Waals surface area (Å²) in [5, 5.41) is 25.0. The number of aliphatic hydroxyl groups is 1. The van der Waals surface area contributed by atoms with E-state index in [-0.39, 0.29) is 30.3 Å². The van der Waals surface area contributed by atoms with Gasteiger partial charge in [0.25, 0.3) is 0 Å². The maximum Gasteiger partial charge on any atom is 0.223 e. The summed E-state index contributed by atoms with van der Waals surface area (Å²) in [4.78, 5) is 18.4. The van der Waals surface area contributed by atoms with Crippen LogP contribution in [-0.2, 0) is 14.3 Å². The number of hydrogen-bond acceptors (Lipinski definition) is 9. The summed E-state index contributed by atoms with van der Waals surface area (Å²) < 4.78 is 12.0. The number of amides is 1. The average Bonchev–Trinajstić information content (AvgIpc) is 3.41. The molecule has 2 aliphatic carbocycles. The first-order chi connectivity index (χ1) is 20.5. The fourth-order valence-electron chi connectivity index (χ4n) is 8.37. The van der Waals surface area contributed by atoms with Gasteiger partial charge in [0.05, 0.1) is 44.0 Å². The number of piperidine rings is 3. The molecule has 0 aromatic rings. The lowest BCUT2D eigenvalue weighted by molar-refractivity contribution is -0.128. The first-order valence-electron chi connectivity index (χ1n) is 17.4.